The van der Waals surface area contributed by atoms with Crippen LogP contribution in [-0.2, 0) is 16.1 Å². The van der Waals surface area contributed by atoms with Gasteiger partial charge in [0.1, 0.15) is 13.1 Å². The molecular formula is C12H13N5O3. The van der Waals surface area contributed by atoms with Gasteiger partial charge in [0.15, 0.2) is 0 Å². The fourth-order valence-corrected chi connectivity index (χ4v) is 1.49. The van der Waals surface area contributed by atoms with Crippen LogP contribution in [0.15, 0.2) is 24.3 Å². The SMILES string of the molecule is Cc1ccc(-c2nnn(CC(=O)NCC(=O)O)n2)cc1. The van der Waals surface area contributed by atoms with E-state index in [4.69, 9.17) is 5.11 Å². The lowest BCUT2D eigenvalue weighted by Gasteiger charge is -2.00. The highest BCUT2D eigenvalue weighted by Gasteiger charge is 2.09. The van der Waals surface area contributed by atoms with Crippen molar-refractivity contribution in [2.24, 2.45) is 0 Å². The van der Waals surface area contributed by atoms with Crippen LogP contribution in [0.2, 0.25) is 0 Å². The van der Waals surface area contributed by atoms with E-state index < -0.39 is 18.4 Å². The van der Waals surface area contributed by atoms with Crippen LogP contribution in [0.4, 0.5) is 0 Å². The third kappa shape index (κ3) is 3.61. The first-order chi connectivity index (χ1) is 9.54. The molecule has 0 unspecified atom stereocenters. The molecule has 1 aromatic carbocycles. The number of aryl methyl sites for hydroxylation is 1. The molecule has 0 aliphatic carbocycles. The first-order valence-corrected chi connectivity index (χ1v) is 5.88. The molecule has 0 bridgehead atoms. The van der Waals surface area contributed by atoms with Gasteiger partial charge in [0.05, 0.1) is 0 Å². The predicted octanol–water partition coefficient (Wildman–Crippen LogP) is -0.151. The van der Waals surface area contributed by atoms with Crippen molar-refractivity contribution in [3.63, 3.8) is 0 Å². The zero-order chi connectivity index (χ0) is 14.5. The molecule has 104 valence electrons. The molecule has 0 aliphatic heterocycles. The third-order valence-electron chi connectivity index (χ3n) is 2.48. The number of carboxylic acids is 1. The van der Waals surface area contributed by atoms with Gasteiger partial charge in [-0.1, -0.05) is 29.8 Å². The highest BCUT2D eigenvalue weighted by Crippen LogP contribution is 2.13. The van der Waals surface area contributed by atoms with Gasteiger partial charge in [-0.15, -0.1) is 10.2 Å². The van der Waals surface area contributed by atoms with Crippen LogP contribution in [0, 0.1) is 6.92 Å². The lowest BCUT2D eigenvalue weighted by atomic mass is 10.1. The number of rotatable bonds is 5. The van der Waals surface area contributed by atoms with Gasteiger partial charge in [-0.25, -0.2) is 0 Å². The first-order valence-electron chi connectivity index (χ1n) is 5.88. The predicted molar refractivity (Wildman–Crippen MR) is 68.6 cm³/mol. The molecule has 1 heterocycles. The van der Waals surface area contributed by atoms with Crippen molar-refractivity contribution in [3.05, 3.63) is 29.8 Å². The Kier molecular flexibility index (Phi) is 4.04. The molecular weight excluding hydrogens is 262 g/mol. The van der Waals surface area contributed by atoms with E-state index in [1.54, 1.807) is 0 Å². The summed E-state index contributed by atoms with van der Waals surface area (Å²) in [6.45, 7) is 1.37. The number of hydrogen-bond donors (Lipinski definition) is 2. The maximum atomic E-state index is 11.4. The van der Waals surface area contributed by atoms with Gasteiger partial charge in [-0.05, 0) is 12.1 Å². The van der Waals surface area contributed by atoms with Crippen LogP contribution in [0.1, 0.15) is 5.56 Å². The van der Waals surface area contributed by atoms with Gasteiger partial charge >= 0.3 is 5.97 Å². The largest absolute Gasteiger partial charge is 0.480 e. The fourth-order valence-electron chi connectivity index (χ4n) is 1.49. The molecule has 0 aliphatic rings. The topological polar surface area (TPSA) is 110 Å². The number of carboxylic acid groups (broad SMARTS) is 1. The highest BCUT2D eigenvalue weighted by molar-refractivity contribution is 5.80. The summed E-state index contributed by atoms with van der Waals surface area (Å²) in [4.78, 5) is 22.8. The Morgan fingerprint density at radius 1 is 1.30 bits per heavy atom. The number of nitrogens with zero attached hydrogens (tertiary/aromatic N) is 4. The standard InChI is InChI=1S/C12H13N5O3/c1-8-2-4-9(5-3-8)12-14-16-17(15-12)7-10(18)13-6-11(19)20/h2-5H,6-7H2,1H3,(H,13,18)(H,19,20). The Labute approximate surface area is 114 Å². The van der Waals surface area contributed by atoms with Gasteiger partial charge in [-0.2, -0.15) is 4.80 Å². The summed E-state index contributed by atoms with van der Waals surface area (Å²) in [6.07, 6.45) is 0. The summed E-state index contributed by atoms with van der Waals surface area (Å²) in [7, 11) is 0. The van der Waals surface area contributed by atoms with Crippen LogP contribution >= 0.6 is 0 Å². The van der Waals surface area contributed by atoms with Crippen LogP contribution in [-0.4, -0.2) is 43.7 Å². The van der Waals surface area contributed by atoms with E-state index in [1.807, 2.05) is 31.2 Å². The molecule has 2 N–H and O–H groups in total. The molecule has 2 rings (SSSR count). The van der Waals surface area contributed by atoms with Gasteiger partial charge in [0.25, 0.3) is 0 Å². The van der Waals surface area contributed by atoms with E-state index in [9.17, 15) is 9.59 Å². The number of carbonyl (C=O) groups is 2. The van der Waals surface area contributed by atoms with Crippen molar-refractivity contribution < 1.29 is 14.7 Å². The molecule has 1 amide bonds. The van der Waals surface area contributed by atoms with Crippen molar-refractivity contribution in [2.75, 3.05) is 6.54 Å². The normalized spacial score (nSPS) is 10.2. The van der Waals surface area contributed by atoms with Gasteiger partial charge in [0.2, 0.25) is 11.7 Å². The molecule has 8 nitrogen and oxygen atoms in total. The Morgan fingerprint density at radius 3 is 2.65 bits per heavy atom. The zero-order valence-corrected chi connectivity index (χ0v) is 10.8. The maximum Gasteiger partial charge on any atom is 0.322 e. The smallest absolute Gasteiger partial charge is 0.322 e. The maximum absolute atomic E-state index is 11.4. The molecule has 0 radical (unpaired) electrons. The van der Waals surface area contributed by atoms with E-state index >= 15 is 0 Å². The Balaban J connectivity index is 2.00. The van der Waals surface area contributed by atoms with Gasteiger partial charge < -0.3 is 10.4 Å². The first kappa shape index (κ1) is 13.7. The second-order valence-corrected chi connectivity index (χ2v) is 4.18. The Bertz CT molecular complexity index is 620. The molecule has 2 aromatic rings. The summed E-state index contributed by atoms with van der Waals surface area (Å²) in [5.74, 6) is -1.18. The number of benzene rings is 1. The summed E-state index contributed by atoms with van der Waals surface area (Å²) in [6, 6.07) is 7.58. The van der Waals surface area contributed by atoms with E-state index in [2.05, 4.69) is 20.7 Å². The van der Waals surface area contributed by atoms with E-state index in [1.165, 1.54) is 0 Å². The van der Waals surface area contributed by atoms with Crippen molar-refractivity contribution in [1.29, 1.82) is 0 Å². The van der Waals surface area contributed by atoms with E-state index in [-0.39, 0.29) is 6.54 Å². The van der Waals surface area contributed by atoms with Crippen molar-refractivity contribution in [2.45, 2.75) is 13.5 Å². The molecule has 0 atom stereocenters. The second-order valence-electron chi connectivity index (χ2n) is 4.18. The molecule has 0 saturated heterocycles. The summed E-state index contributed by atoms with van der Waals surface area (Å²) in [5.41, 5.74) is 1.92. The van der Waals surface area contributed by atoms with Crippen LogP contribution in [0.5, 0.6) is 0 Å². The molecule has 0 fully saturated rings. The minimum absolute atomic E-state index is 0.174. The molecule has 8 heteroatoms. The fraction of sp³-hybridized carbons (Fsp3) is 0.250. The number of hydrogen-bond acceptors (Lipinski definition) is 5. The molecule has 0 saturated carbocycles. The van der Waals surface area contributed by atoms with Crippen LogP contribution in [0.3, 0.4) is 0 Å². The number of aliphatic carboxylic acids is 1. The average Bonchev–Trinajstić information content (AvgIpc) is 2.85. The second kappa shape index (κ2) is 5.91. The number of nitrogens with one attached hydrogen (secondary N) is 1. The summed E-state index contributed by atoms with van der Waals surface area (Å²) in [5, 5.41) is 22.3. The van der Waals surface area contributed by atoms with Gasteiger partial charge in [-0.3, -0.25) is 9.59 Å². The quantitative estimate of drug-likeness (QED) is 0.785. The number of carbonyl (C=O) groups excluding carboxylic acids is 1. The minimum Gasteiger partial charge on any atom is -0.480 e. The number of tetrazole rings is 1. The van der Waals surface area contributed by atoms with Crippen molar-refractivity contribution >= 4 is 11.9 Å². The molecule has 20 heavy (non-hydrogen) atoms. The van der Waals surface area contributed by atoms with Crippen LogP contribution < -0.4 is 5.32 Å². The number of aromatic nitrogens is 4. The van der Waals surface area contributed by atoms with Crippen molar-refractivity contribution in [3.8, 4) is 11.4 Å². The summed E-state index contributed by atoms with van der Waals surface area (Å²) < 4.78 is 0. The third-order valence-corrected chi connectivity index (χ3v) is 2.48. The van der Waals surface area contributed by atoms with Crippen LogP contribution in [0.25, 0.3) is 11.4 Å². The lowest BCUT2D eigenvalue weighted by Crippen LogP contribution is -2.32. The molecule has 1 aromatic heterocycles. The monoisotopic (exact) mass is 275 g/mol. The highest BCUT2D eigenvalue weighted by atomic mass is 16.4. The Morgan fingerprint density at radius 2 is 2.00 bits per heavy atom. The Hall–Kier alpha value is -2.77. The van der Waals surface area contributed by atoms with Crippen molar-refractivity contribution in [1.82, 2.24) is 25.5 Å². The van der Waals surface area contributed by atoms with Gasteiger partial charge in [0, 0.05) is 5.56 Å². The van der Waals surface area contributed by atoms with E-state index in [0.29, 0.717) is 5.82 Å². The average molecular weight is 275 g/mol. The zero-order valence-electron chi connectivity index (χ0n) is 10.8. The summed E-state index contributed by atoms with van der Waals surface area (Å²) >= 11 is 0. The van der Waals surface area contributed by atoms with E-state index in [0.717, 1.165) is 15.9 Å². The number of amides is 1. The lowest BCUT2D eigenvalue weighted by molar-refractivity contribution is -0.138. The molecule has 0 spiro atoms. The minimum atomic E-state index is -1.11.